The van der Waals surface area contributed by atoms with Crippen molar-refractivity contribution in [2.45, 2.75) is 49.0 Å². The molecule has 0 N–H and O–H groups in total. The van der Waals surface area contributed by atoms with Crippen molar-refractivity contribution in [2.75, 3.05) is 18.8 Å². The van der Waals surface area contributed by atoms with Gasteiger partial charge in [0.25, 0.3) is 0 Å². The summed E-state index contributed by atoms with van der Waals surface area (Å²) in [4.78, 5) is 0. The molecule has 2 fully saturated rings. The van der Waals surface area contributed by atoms with E-state index in [1.165, 1.54) is 4.31 Å². The van der Waals surface area contributed by atoms with Gasteiger partial charge in [-0.1, -0.05) is 49.6 Å². The SMILES string of the molecule is O=S1(=O)CCN(S(=O)(=O)C2CCCCC2)CCC1c1ccccc1. The van der Waals surface area contributed by atoms with Crippen LogP contribution in [0, 0.1) is 0 Å². The van der Waals surface area contributed by atoms with Crippen molar-refractivity contribution in [3.05, 3.63) is 35.9 Å². The van der Waals surface area contributed by atoms with E-state index in [1.807, 2.05) is 30.3 Å². The zero-order valence-corrected chi connectivity index (χ0v) is 15.4. The van der Waals surface area contributed by atoms with Gasteiger partial charge < -0.3 is 0 Å². The summed E-state index contributed by atoms with van der Waals surface area (Å²) in [5.41, 5.74) is 0.759. The van der Waals surface area contributed by atoms with Gasteiger partial charge in [0, 0.05) is 13.1 Å². The highest BCUT2D eigenvalue weighted by Crippen LogP contribution is 2.32. The number of nitrogens with zero attached hydrogens (tertiary/aromatic N) is 1. The van der Waals surface area contributed by atoms with Gasteiger partial charge in [0.2, 0.25) is 10.0 Å². The molecule has 0 bridgehead atoms. The maximum Gasteiger partial charge on any atom is 0.217 e. The van der Waals surface area contributed by atoms with Crippen LogP contribution < -0.4 is 0 Å². The standard InChI is InChI=1S/C17H25NO4S2/c19-23(20)14-13-18(24(21,22)16-9-5-2-6-10-16)12-11-17(23)15-7-3-1-4-8-15/h1,3-4,7-8,16-17H,2,5-6,9-14H2. The van der Waals surface area contributed by atoms with E-state index < -0.39 is 25.1 Å². The van der Waals surface area contributed by atoms with Crippen molar-refractivity contribution < 1.29 is 16.8 Å². The quantitative estimate of drug-likeness (QED) is 0.818. The fraction of sp³-hybridized carbons (Fsp3) is 0.647. The van der Waals surface area contributed by atoms with Crippen LogP contribution in [0.3, 0.4) is 0 Å². The summed E-state index contributed by atoms with van der Waals surface area (Å²) in [6, 6.07) is 9.13. The second-order valence-corrected chi connectivity index (χ2v) is 11.3. The van der Waals surface area contributed by atoms with Crippen LogP contribution in [0.2, 0.25) is 0 Å². The lowest BCUT2D eigenvalue weighted by Crippen LogP contribution is -2.41. The number of hydrogen-bond donors (Lipinski definition) is 0. The van der Waals surface area contributed by atoms with Gasteiger partial charge in [-0.15, -0.1) is 0 Å². The first-order valence-electron chi connectivity index (χ1n) is 8.67. The van der Waals surface area contributed by atoms with E-state index in [4.69, 9.17) is 0 Å². The van der Waals surface area contributed by atoms with E-state index in [9.17, 15) is 16.8 Å². The Kier molecular flexibility index (Phi) is 5.32. The fourth-order valence-corrected chi connectivity index (χ4v) is 7.76. The Morgan fingerprint density at radius 2 is 1.58 bits per heavy atom. The number of sulfonamides is 1. The Morgan fingerprint density at radius 1 is 0.917 bits per heavy atom. The Bertz CT molecular complexity index is 753. The molecule has 7 heteroatoms. The molecular weight excluding hydrogens is 346 g/mol. The molecule has 1 aromatic carbocycles. The van der Waals surface area contributed by atoms with Crippen molar-refractivity contribution in [1.29, 1.82) is 0 Å². The highest BCUT2D eigenvalue weighted by atomic mass is 32.2. The Hall–Kier alpha value is -0.920. The number of rotatable bonds is 3. The van der Waals surface area contributed by atoms with Crippen LogP contribution in [0.25, 0.3) is 0 Å². The van der Waals surface area contributed by atoms with Crippen LogP contribution in [0.5, 0.6) is 0 Å². The number of sulfone groups is 1. The highest BCUT2D eigenvalue weighted by Gasteiger charge is 2.38. The predicted octanol–water partition coefficient (Wildman–Crippen LogP) is 2.51. The van der Waals surface area contributed by atoms with E-state index in [0.29, 0.717) is 19.3 Å². The smallest absolute Gasteiger partial charge is 0.217 e. The Labute approximate surface area is 145 Å². The lowest BCUT2D eigenvalue weighted by Gasteiger charge is -2.28. The molecule has 1 heterocycles. The van der Waals surface area contributed by atoms with Crippen LogP contribution in [0.4, 0.5) is 0 Å². The van der Waals surface area contributed by atoms with E-state index in [2.05, 4.69) is 0 Å². The Balaban J connectivity index is 1.81. The summed E-state index contributed by atoms with van der Waals surface area (Å²) < 4.78 is 52.5. The minimum Gasteiger partial charge on any atom is -0.228 e. The van der Waals surface area contributed by atoms with E-state index in [1.54, 1.807) is 0 Å². The molecule has 0 spiro atoms. The molecule has 0 aromatic heterocycles. The predicted molar refractivity (Wildman–Crippen MR) is 95.0 cm³/mol. The topological polar surface area (TPSA) is 71.5 Å². The summed E-state index contributed by atoms with van der Waals surface area (Å²) in [6.07, 6.45) is 4.72. The molecule has 0 radical (unpaired) electrons. The van der Waals surface area contributed by atoms with Crippen molar-refractivity contribution in [3.8, 4) is 0 Å². The molecule has 1 atom stereocenters. The fourth-order valence-electron chi connectivity index (χ4n) is 3.79. The van der Waals surface area contributed by atoms with Gasteiger partial charge in [0.05, 0.1) is 16.3 Å². The molecule has 1 saturated carbocycles. The first-order valence-corrected chi connectivity index (χ1v) is 11.9. The van der Waals surface area contributed by atoms with Crippen molar-refractivity contribution >= 4 is 19.9 Å². The molecule has 1 unspecified atom stereocenters. The van der Waals surface area contributed by atoms with Crippen LogP contribution in [-0.4, -0.2) is 45.2 Å². The largest absolute Gasteiger partial charge is 0.228 e. The van der Waals surface area contributed by atoms with Gasteiger partial charge in [-0.25, -0.2) is 21.1 Å². The summed E-state index contributed by atoms with van der Waals surface area (Å²) in [7, 11) is -6.74. The zero-order valence-electron chi connectivity index (χ0n) is 13.8. The summed E-state index contributed by atoms with van der Waals surface area (Å²) >= 11 is 0. The summed E-state index contributed by atoms with van der Waals surface area (Å²) in [6.45, 7) is 0.377. The van der Waals surface area contributed by atoms with Crippen molar-refractivity contribution in [2.24, 2.45) is 0 Å². The van der Waals surface area contributed by atoms with Gasteiger partial charge in [-0.2, -0.15) is 0 Å². The van der Waals surface area contributed by atoms with Crippen molar-refractivity contribution in [1.82, 2.24) is 4.31 Å². The lowest BCUT2D eigenvalue weighted by molar-refractivity contribution is 0.399. The van der Waals surface area contributed by atoms with E-state index in [0.717, 1.165) is 24.8 Å². The second-order valence-electron chi connectivity index (χ2n) is 6.76. The zero-order chi connectivity index (χ0) is 17.2. The molecule has 5 nitrogen and oxygen atoms in total. The van der Waals surface area contributed by atoms with Gasteiger partial charge >= 0.3 is 0 Å². The monoisotopic (exact) mass is 371 g/mol. The normalized spacial score (nSPS) is 26.8. The molecule has 2 aliphatic rings. The minimum absolute atomic E-state index is 0.0878. The number of benzene rings is 1. The van der Waals surface area contributed by atoms with Crippen LogP contribution in [-0.2, 0) is 19.9 Å². The third-order valence-electron chi connectivity index (χ3n) is 5.20. The van der Waals surface area contributed by atoms with Gasteiger partial charge in [0.15, 0.2) is 9.84 Å². The minimum atomic E-state index is -3.40. The maximum atomic E-state index is 12.9. The van der Waals surface area contributed by atoms with Gasteiger partial charge in [0.1, 0.15) is 0 Å². The molecule has 3 rings (SSSR count). The van der Waals surface area contributed by atoms with Gasteiger partial charge in [-0.05, 0) is 24.8 Å². The summed E-state index contributed by atoms with van der Waals surface area (Å²) in [5.74, 6) is -0.0987. The molecule has 24 heavy (non-hydrogen) atoms. The van der Waals surface area contributed by atoms with Crippen LogP contribution in [0.1, 0.15) is 49.3 Å². The Morgan fingerprint density at radius 3 is 2.25 bits per heavy atom. The third kappa shape index (κ3) is 3.68. The maximum absolute atomic E-state index is 12.9. The van der Waals surface area contributed by atoms with Crippen LogP contribution in [0.15, 0.2) is 30.3 Å². The van der Waals surface area contributed by atoms with E-state index in [-0.39, 0.29) is 24.1 Å². The van der Waals surface area contributed by atoms with E-state index >= 15 is 0 Å². The average Bonchev–Trinajstić information content (AvgIpc) is 2.75. The molecule has 1 aliphatic heterocycles. The second kappa shape index (κ2) is 7.14. The summed E-state index contributed by atoms with van der Waals surface area (Å²) in [5, 5.41) is -0.938. The highest BCUT2D eigenvalue weighted by molar-refractivity contribution is 7.92. The first-order chi connectivity index (χ1) is 11.4. The van der Waals surface area contributed by atoms with Crippen molar-refractivity contribution in [3.63, 3.8) is 0 Å². The molecule has 134 valence electrons. The molecule has 0 amide bonds. The van der Waals surface area contributed by atoms with Gasteiger partial charge in [-0.3, -0.25) is 0 Å². The molecule has 1 aromatic rings. The molecule has 1 aliphatic carbocycles. The third-order valence-corrected chi connectivity index (χ3v) is 9.73. The average molecular weight is 372 g/mol. The number of hydrogen-bond acceptors (Lipinski definition) is 4. The van der Waals surface area contributed by atoms with Crippen LogP contribution >= 0.6 is 0 Å². The lowest BCUT2D eigenvalue weighted by atomic mass is 10.0. The molecular formula is C17H25NO4S2. The first kappa shape index (κ1) is 17.9. The molecule has 1 saturated heterocycles.